The number of hydrogen-bond donors (Lipinski definition) is 1. The van der Waals surface area contributed by atoms with Gasteiger partial charge in [0.2, 0.25) is 10.0 Å². The summed E-state index contributed by atoms with van der Waals surface area (Å²) in [5, 5.41) is 3.33. The Kier molecular flexibility index (Phi) is 6.79. The molecule has 0 aliphatic carbocycles. The van der Waals surface area contributed by atoms with Gasteiger partial charge in [0.1, 0.15) is 5.75 Å². The Morgan fingerprint density at radius 1 is 1.17 bits per heavy atom. The van der Waals surface area contributed by atoms with Crippen LogP contribution in [0.4, 0.5) is 5.69 Å². The Morgan fingerprint density at radius 2 is 1.83 bits per heavy atom. The Labute approximate surface area is 175 Å². The summed E-state index contributed by atoms with van der Waals surface area (Å²) < 4.78 is 37.6. The molecule has 1 aliphatic heterocycles. The van der Waals surface area contributed by atoms with E-state index < -0.39 is 16.1 Å². The van der Waals surface area contributed by atoms with Crippen LogP contribution in [-0.2, 0) is 19.6 Å². The molecule has 1 saturated heterocycles. The van der Waals surface area contributed by atoms with E-state index in [1.54, 1.807) is 37.3 Å². The van der Waals surface area contributed by atoms with Crippen molar-refractivity contribution in [3.63, 3.8) is 0 Å². The summed E-state index contributed by atoms with van der Waals surface area (Å²) in [5.74, 6) is 0.229. The minimum absolute atomic E-state index is 0.179. The lowest BCUT2D eigenvalue weighted by Gasteiger charge is -2.26. The maximum absolute atomic E-state index is 12.6. The molecule has 0 saturated carbocycles. The lowest BCUT2D eigenvalue weighted by Crippen LogP contribution is -2.40. The van der Waals surface area contributed by atoms with Gasteiger partial charge in [-0.25, -0.2) is 8.42 Å². The molecule has 3 rings (SSSR count). The largest absolute Gasteiger partial charge is 0.481 e. The molecule has 0 radical (unpaired) electrons. The van der Waals surface area contributed by atoms with Crippen LogP contribution in [0.25, 0.3) is 0 Å². The van der Waals surface area contributed by atoms with Crippen LogP contribution in [0.5, 0.6) is 5.75 Å². The van der Waals surface area contributed by atoms with Gasteiger partial charge in [0.15, 0.2) is 6.10 Å². The third-order valence-corrected chi connectivity index (χ3v) is 6.69. The molecule has 1 heterocycles. The maximum atomic E-state index is 12.6. The van der Waals surface area contributed by atoms with E-state index in [4.69, 9.17) is 21.1 Å². The molecule has 1 aliphatic rings. The highest BCUT2D eigenvalue weighted by atomic mass is 35.5. The van der Waals surface area contributed by atoms with Crippen LogP contribution in [0.3, 0.4) is 0 Å². The van der Waals surface area contributed by atoms with E-state index in [9.17, 15) is 13.2 Å². The number of carbonyl (C=O) groups is 1. The Bertz CT molecular complexity index is 973. The second-order valence-electron chi connectivity index (χ2n) is 6.70. The predicted molar refractivity (Wildman–Crippen MR) is 111 cm³/mol. The molecule has 1 atom stereocenters. The lowest BCUT2D eigenvalue weighted by atomic mass is 10.2. The Hall–Kier alpha value is -2.13. The van der Waals surface area contributed by atoms with Gasteiger partial charge in [0.05, 0.1) is 18.1 Å². The third-order valence-electron chi connectivity index (χ3n) is 4.54. The molecule has 0 spiro atoms. The first-order chi connectivity index (χ1) is 13.8. The number of amides is 1. The number of benzene rings is 2. The van der Waals surface area contributed by atoms with Crippen molar-refractivity contribution >= 4 is 33.2 Å². The average Bonchev–Trinajstić information content (AvgIpc) is 2.71. The first-order valence-corrected chi connectivity index (χ1v) is 11.0. The van der Waals surface area contributed by atoms with Crippen LogP contribution in [0.1, 0.15) is 12.5 Å². The molecule has 29 heavy (non-hydrogen) atoms. The molecule has 2 aromatic rings. The standard InChI is InChI=1S/C20H23ClN2O5S/c1-14-13-16(21)3-8-19(14)28-15(2)20(24)22-17-4-6-18(7-5-17)29(25,26)23-9-11-27-12-10-23/h3-8,13,15H,9-12H2,1-2H3,(H,22,24)/t15-/m0/s1. The summed E-state index contributed by atoms with van der Waals surface area (Å²) in [4.78, 5) is 12.6. The predicted octanol–water partition coefficient (Wildman–Crippen LogP) is 3.08. The fourth-order valence-electron chi connectivity index (χ4n) is 2.88. The third kappa shape index (κ3) is 5.27. The van der Waals surface area contributed by atoms with E-state index in [0.717, 1.165) is 5.56 Å². The second kappa shape index (κ2) is 9.13. The van der Waals surface area contributed by atoms with Crippen molar-refractivity contribution in [2.24, 2.45) is 0 Å². The molecule has 1 amide bonds. The number of carbonyl (C=O) groups excluding carboxylic acids is 1. The fraction of sp³-hybridized carbons (Fsp3) is 0.350. The summed E-state index contributed by atoms with van der Waals surface area (Å²) in [6, 6.07) is 11.3. The van der Waals surface area contributed by atoms with Crippen molar-refractivity contribution in [1.29, 1.82) is 0 Å². The fourth-order valence-corrected chi connectivity index (χ4v) is 4.51. The van der Waals surface area contributed by atoms with E-state index in [1.165, 1.54) is 16.4 Å². The highest BCUT2D eigenvalue weighted by Gasteiger charge is 2.26. The molecule has 2 aromatic carbocycles. The molecule has 1 N–H and O–H groups in total. The Balaban J connectivity index is 1.63. The number of anilines is 1. The zero-order chi connectivity index (χ0) is 21.0. The first kappa shape index (κ1) is 21.6. The molecular weight excluding hydrogens is 416 g/mol. The van der Waals surface area contributed by atoms with Crippen molar-refractivity contribution in [3.05, 3.63) is 53.1 Å². The number of sulfonamides is 1. The van der Waals surface area contributed by atoms with E-state index in [1.807, 2.05) is 6.92 Å². The minimum atomic E-state index is -3.57. The van der Waals surface area contributed by atoms with E-state index in [2.05, 4.69) is 5.32 Å². The molecule has 1 fully saturated rings. The van der Waals surface area contributed by atoms with Crippen molar-refractivity contribution in [1.82, 2.24) is 4.31 Å². The van der Waals surface area contributed by atoms with Gasteiger partial charge in [0, 0.05) is 23.8 Å². The van der Waals surface area contributed by atoms with Crippen LogP contribution < -0.4 is 10.1 Å². The smallest absolute Gasteiger partial charge is 0.265 e. The summed E-state index contributed by atoms with van der Waals surface area (Å²) in [5.41, 5.74) is 1.31. The quantitative estimate of drug-likeness (QED) is 0.749. The van der Waals surface area contributed by atoms with Crippen LogP contribution in [-0.4, -0.2) is 51.0 Å². The van der Waals surface area contributed by atoms with E-state index in [-0.39, 0.29) is 10.8 Å². The van der Waals surface area contributed by atoms with Gasteiger partial charge < -0.3 is 14.8 Å². The van der Waals surface area contributed by atoms with E-state index >= 15 is 0 Å². The van der Waals surface area contributed by atoms with Crippen molar-refractivity contribution in [2.45, 2.75) is 24.8 Å². The molecule has 9 heteroatoms. The highest BCUT2D eigenvalue weighted by molar-refractivity contribution is 7.89. The maximum Gasteiger partial charge on any atom is 0.265 e. The van der Waals surface area contributed by atoms with Crippen LogP contribution in [0.15, 0.2) is 47.4 Å². The molecule has 0 bridgehead atoms. The topological polar surface area (TPSA) is 84.9 Å². The summed E-state index contributed by atoms with van der Waals surface area (Å²) >= 11 is 5.93. The van der Waals surface area contributed by atoms with Gasteiger partial charge in [0.25, 0.3) is 5.91 Å². The SMILES string of the molecule is Cc1cc(Cl)ccc1O[C@@H](C)C(=O)Nc1ccc(S(=O)(=O)N2CCOCC2)cc1. The lowest BCUT2D eigenvalue weighted by molar-refractivity contribution is -0.122. The van der Waals surface area contributed by atoms with Gasteiger partial charge >= 0.3 is 0 Å². The van der Waals surface area contributed by atoms with Gasteiger partial charge in [-0.3, -0.25) is 4.79 Å². The average molecular weight is 439 g/mol. The summed E-state index contributed by atoms with van der Waals surface area (Å²) in [6.45, 7) is 4.93. The van der Waals surface area contributed by atoms with Gasteiger partial charge in [-0.2, -0.15) is 4.31 Å². The van der Waals surface area contributed by atoms with Gasteiger partial charge in [-0.15, -0.1) is 0 Å². The van der Waals surface area contributed by atoms with Crippen LogP contribution in [0.2, 0.25) is 5.02 Å². The second-order valence-corrected chi connectivity index (χ2v) is 9.07. The molecule has 0 aromatic heterocycles. The minimum Gasteiger partial charge on any atom is -0.481 e. The first-order valence-electron chi connectivity index (χ1n) is 9.19. The Morgan fingerprint density at radius 3 is 2.45 bits per heavy atom. The summed E-state index contributed by atoms with van der Waals surface area (Å²) in [7, 11) is -3.57. The monoisotopic (exact) mass is 438 g/mol. The number of morpholine rings is 1. The number of rotatable bonds is 6. The number of halogens is 1. The molecule has 0 unspecified atom stereocenters. The number of nitrogens with one attached hydrogen (secondary N) is 1. The van der Waals surface area contributed by atoms with Gasteiger partial charge in [-0.1, -0.05) is 11.6 Å². The summed E-state index contributed by atoms with van der Waals surface area (Å²) in [6.07, 6.45) is -0.744. The normalized spacial score (nSPS) is 16.2. The van der Waals surface area contributed by atoms with Crippen molar-refractivity contribution in [2.75, 3.05) is 31.6 Å². The zero-order valence-corrected chi connectivity index (χ0v) is 17.8. The number of nitrogens with zero attached hydrogens (tertiary/aromatic N) is 1. The van der Waals surface area contributed by atoms with Crippen molar-refractivity contribution < 1.29 is 22.7 Å². The van der Waals surface area contributed by atoms with Crippen LogP contribution >= 0.6 is 11.6 Å². The number of hydrogen-bond acceptors (Lipinski definition) is 5. The van der Waals surface area contributed by atoms with Gasteiger partial charge in [-0.05, 0) is 61.9 Å². The highest BCUT2D eigenvalue weighted by Crippen LogP contribution is 2.23. The zero-order valence-electron chi connectivity index (χ0n) is 16.2. The molecular formula is C20H23ClN2O5S. The van der Waals surface area contributed by atoms with Crippen LogP contribution in [0, 0.1) is 6.92 Å². The van der Waals surface area contributed by atoms with Crippen molar-refractivity contribution in [3.8, 4) is 5.75 Å². The number of ether oxygens (including phenoxy) is 2. The number of aryl methyl sites for hydroxylation is 1. The van der Waals surface area contributed by atoms with E-state index in [0.29, 0.717) is 42.8 Å². The molecule has 7 nitrogen and oxygen atoms in total. The molecule has 156 valence electrons.